The highest BCUT2D eigenvalue weighted by Gasteiger charge is 2.08. The van der Waals surface area contributed by atoms with Gasteiger partial charge in [0.2, 0.25) is 5.71 Å². The molecule has 0 aliphatic rings. The van der Waals surface area contributed by atoms with E-state index in [1.54, 1.807) is 12.5 Å². The molecule has 0 bridgehead atoms. The number of fused-ring (bicyclic) bond motifs is 2. The van der Waals surface area contributed by atoms with Crippen molar-refractivity contribution in [2.24, 2.45) is 0 Å². The van der Waals surface area contributed by atoms with Crippen LogP contribution >= 0.6 is 0 Å². The Morgan fingerprint density at radius 1 is 1.05 bits per heavy atom. The summed E-state index contributed by atoms with van der Waals surface area (Å²) in [7, 11) is 0. The monoisotopic (exact) mass is 245 g/mol. The lowest BCUT2D eigenvalue weighted by molar-refractivity contribution is 0.603. The molecule has 0 N–H and O–H groups in total. The lowest BCUT2D eigenvalue weighted by atomic mass is 10.0. The summed E-state index contributed by atoms with van der Waals surface area (Å²) in [5.74, 6) is 0. The number of benzene rings is 1. The highest BCUT2D eigenvalue weighted by atomic mass is 16.3. The van der Waals surface area contributed by atoms with Crippen LogP contribution in [0, 0.1) is 6.20 Å². The van der Waals surface area contributed by atoms with E-state index in [0.29, 0.717) is 5.71 Å². The van der Waals surface area contributed by atoms with Crippen molar-refractivity contribution in [1.29, 1.82) is 0 Å². The molecule has 3 heterocycles. The molecule has 3 nitrogen and oxygen atoms in total. The van der Waals surface area contributed by atoms with Crippen LogP contribution in [0.15, 0.2) is 59.3 Å². The minimum absolute atomic E-state index is 0.638. The molecule has 89 valence electrons. The third kappa shape index (κ3) is 1.59. The lowest BCUT2D eigenvalue weighted by Gasteiger charge is -2.03. The highest BCUT2D eigenvalue weighted by molar-refractivity contribution is 5.94. The SMILES string of the molecule is [c]1nc2ccccc2cc1-c1ccnc2occc12. The molecule has 1 aromatic carbocycles. The smallest absolute Gasteiger partial charge is 0.226 e. The number of aromatic nitrogens is 2. The van der Waals surface area contributed by atoms with Crippen molar-refractivity contribution >= 4 is 22.0 Å². The maximum atomic E-state index is 5.32. The molecule has 0 saturated heterocycles. The van der Waals surface area contributed by atoms with Crippen LogP contribution in [0.1, 0.15) is 0 Å². The van der Waals surface area contributed by atoms with Crippen LogP contribution in [0.2, 0.25) is 0 Å². The Kier molecular flexibility index (Phi) is 2.12. The van der Waals surface area contributed by atoms with Gasteiger partial charge in [0, 0.05) is 22.5 Å². The zero-order chi connectivity index (χ0) is 12.7. The second kappa shape index (κ2) is 3.92. The molecule has 0 aliphatic carbocycles. The van der Waals surface area contributed by atoms with Crippen LogP contribution in [0.3, 0.4) is 0 Å². The summed E-state index contributed by atoms with van der Waals surface area (Å²) in [6.45, 7) is 0. The molecule has 4 aromatic rings. The van der Waals surface area contributed by atoms with E-state index in [-0.39, 0.29) is 0 Å². The first-order valence-corrected chi connectivity index (χ1v) is 6.02. The van der Waals surface area contributed by atoms with Gasteiger partial charge >= 0.3 is 0 Å². The van der Waals surface area contributed by atoms with Gasteiger partial charge in [-0.05, 0) is 29.8 Å². The van der Waals surface area contributed by atoms with Crippen LogP contribution in [-0.2, 0) is 0 Å². The molecule has 0 spiro atoms. The van der Waals surface area contributed by atoms with Gasteiger partial charge in [-0.15, -0.1) is 0 Å². The van der Waals surface area contributed by atoms with E-state index >= 15 is 0 Å². The Morgan fingerprint density at radius 2 is 2.00 bits per heavy atom. The van der Waals surface area contributed by atoms with E-state index in [1.807, 2.05) is 36.4 Å². The quantitative estimate of drug-likeness (QED) is 0.511. The van der Waals surface area contributed by atoms with Crippen molar-refractivity contribution in [2.45, 2.75) is 0 Å². The summed E-state index contributed by atoms with van der Waals surface area (Å²) in [5, 5.41) is 2.08. The fourth-order valence-electron chi connectivity index (χ4n) is 2.27. The van der Waals surface area contributed by atoms with Crippen molar-refractivity contribution in [3.8, 4) is 11.1 Å². The predicted molar refractivity (Wildman–Crippen MR) is 73.6 cm³/mol. The standard InChI is InChI=1S/C16H9N2O/c1-2-4-15-11(3-1)9-12(10-18-15)13-5-7-17-16-14(13)6-8-19-16/h1-9H. The number of rotatable bonds is 1. The van der Waals surface area contributed by atoms with E-state index < -0.39 is 0 Å². The van der Waals surface area contributed by atoms with Gasteiger partial charge in [-0.25, -0.2) is 9.97 Å². The summed E-state index contributed by atoms with van der Waals surface area (Å²) < 4.78 is 5.32. The van der Waals surface area contributed by atoms with Gasteiger partial charge in [0.25, 0.3) is 0 Å². The van der Waals surface area contributed by atoms with E-state index in [2.05, 4.69) is 22.2 Å². The van der Waals surface area contributed by atoms with Crippen molar-refractivity contribution in [1.82, 2.24) is 9.97 Å². The molecular formula is C16H9N2O. The van der Waals surface area contributed by atoms with E-state index in [9.17, 15) is 0 Å². The molecule has 4 rings (SSSR count). The molecule has 0 atom stereocenters. The number of furan rings is 1. The molecule has 0 amide bonds. The van der Waals surface area contributed by atoms with Crippen molar-refractivity contribution in [3.05, 3.63) is 61.1 Å². The molecule has 3 aromatic heterocycles. The molecule has 0 saturated carbocycles. The van der Waals surface area contributed by atoms with Gasteiger partial charge in [-0.1, -0.05) is 18.2 Å². The molecule has 19 heavy (non-hydrogen) atoms. The number of nitrogens with zero attached hydrogens (tertiary/aromatic N) is 2. The zero-order valence-electron chi connectivity index (χ0n) is 10.00. The van der Waals surface area contributed by atoms with Gasteiger partial charge in [0.1, 0.15) is 0 Å². The maximum absolute atomic E-state index is 5.32. The van der Waals surface area contributed by atoms with Crippen molar-refractivity contribution in [3.63, 3.8) is 0 Å². The van der Waals surface area contributed by atoms with Crippen LogP contribution in [-0.4, -0.2) is 9.97 Å². The van der Waals surface area contributed by atoms with E-state index in [0.717, 1.165) is 27.4 Å². The van der Waals surface area contributed by atoms with Gasteiger partial charge < -0.3 is 4.42 Å². The Bertz CT molecular complexity index is 880. The topological polar surface area (TPSA) is 38.9 Å². The molecular weight excluding hydrogens is 236 g/mol. The van der Waals surface area contributed by atoms with Crippen LogP contribution in [0.5, 0.6) is 0 Å². The molecule has 0 unspecified atom stereocenters. The molecule has 1 radical (unpaired) electrons. The van der Waals surface area contributed by atoms with E-state index in [4.69, 9.17) is 4.42 Å². The van der Waals surface area contributed by atoms with Crippen LogP contribution < -0.4 is 0 Å². The number of hydrogen-bond donors (Lipinski definition) is 0. The summed E-state index contributed by atoms with van der Waals surface area (Å²) in [6.07, 6.45) is 6.48. The van der Waals surface area contributed by atoms with Gasteiger partial charge in [0.05, 0.1) is 18.0 Å². The zero-order valence-corrected chi connectivity index (χ0v) is 10.00. The third-order valence-corrected chi connectivity index (χ3v) is 3.19. The fourth-order valence-corrected chi connectivity index (χ4v) is 2.27. The minimum atomic E-state index is 0.638. The first-order valence-electron chi connectivity index (χ1n) is 6.02. The predicted octanol–water partition coefficient (Wildman–Crippen LogP) is 3.84. The summed E-state index contributed by atoms with van der Waals surface area (Å²) in [4.78, 5) is 8.56. The van der Waals surface area contributed by atoms with E-state index in [1.165, 1.54) is 0 Å². The Labute approximate surface area is 109 Å². The van der Waals surface area contributed by atoms with Crippen molar-refractivity contribution in [2.75, 3.05) is 0 Å². The number of para-hydroxylation sites is 1. The highest BCUT2D eigenvalue weighted by Crippen LogP contribution is 2.28. The van der Waals surface area contributed by atoms with Gasteiger partial charge in [-0.3, -0.25) is 0 Å². The molecule has 0 aliphatic heterocycles. The first kappa shape index (κ1) is 10.3. The summed E-state index contributed by atoms with van der Waals surface area (Å²) >= 11 is 0. The average Bonchev–Trinajstić information content (AvgIpc) is 2.95. The first-order chi connectivity index (χ1) is 9.42. The van der Waals surface area contributed by atoms with Gasteiger partial charge in [0.15, 0.2) is 0 Å². The van der Waals surface area contributed by atoms with Crippen molar-refractivity contribution < 1.29 is 4.42 Å². The Balaban J connectivity index is 2.01. The van der Waals surface area contributed by atoms with Gasteiger partial charge in [-0.2, -0.15) is 0 Å². The Hall–Kier alpha value is -2.68. The third-order valence-electron chi connectivity index (χ3n) is 3.19. The number of hydrogen-bond acceptors (Lipinski definition) is 3. The lowest BCUT2D eigenvalue weighted by Crippen LogP contribution is -1.85. The normalized spacial score (nSPS) is 11.2. The summed E-state index contributed by atoms with van der Waals surface area (Å²) in [6, 6.07) is 14.0. The Morgan fingerprint density at radius 3 is 3.00 bits per heavy atom. The van der Waals surface area contributed by atoms with Crippen LogP contribution in [0.4, 0.5) is 0 Å². The number of pyridine rings is 2. The molecule has 3 heteroatoms. The second-order valence-corrected chi connectivity index (χ2v) is 4.34. The maximum Gasteiger partial charge on any atom is 0.226 e. The van der Waals surface area contributed by atoms with Crippen LogP contribution in [0.25, 0.3) is 33.1 Å². The fraction of sp³-hybridized carbons (Fsp3) is 0. The average molecular weight is 245 g/mol. The second-order valence-electron chi connectivity index (χ2n) is 4.34. The molecule has 0 fully saturated rings. The minimum Gasteiger partial charge on any atom is -0.446 e. The largest absolute Gasteiger partial charge is 0.446 e. The summed E-state index contributed by atoms with van der Waals surface area (Å²) in [5.41, 5.74) is 3.58.